The second-order valence-electron chi connectivity index (χ2n) is 9.52. The highest BCUT2D eigenvalue weighted by Gasteiger charge is 2.63. The number of rotatable bonds is 5. The van der Waals surface area contributed by atoms with Gasteiger partial charge in [-0.25, -0.2) is 0 Å². The van der Waals surface area contributed by atoms with Crippen molar-refractivity contribution in [2.75, 3.05) is 6.61 Å². The highest BCUT2D eigenvalue weighted by atomic mass is 28.5. The summed E-state index contributed by atoms with van der Waals surface area (Å²) in [5.74, 6) is 0. The van der Waals surface area contributed by atoms with Crippen molar-refractivity contribution >= 4 is 25.0 Å². The van der Waals surface area contributed by atoms with Gasteiger partial charge >= 0.3 is 17.1 Å². The molecule has 0 unspecified atom stereocenters. The normalized spacial score (nSPS) is 35.0. The van der Waals surface area contributed by atoms with Crippen molar-refractivity contribution in [3.63, 3.8) is 0 Å². The Bertz CT molecular complexity index is 600. The standard InChI is InChI=1S/C18H36BN3O4Si2/c1-11(2)27(12(3)4)23-10-15-16(18(9,21-22-20)17(19)24-15)25-28(26-27,13(5)6)14(7)8/h11-17H,10H2,1-9H3/t15-,16-,17-,18-/m1/s1. The van der Waals surface area contributed by atoms with Gasteiger partial charge in [0, 0.05) is 10.9 Å². The zero-order valence-corrected chi connectivity index (χ0v) is 20.8. The molecule has 2 heterocycles. The maximum atomic E-state index is 9.15. The van der Waals surface area contributed by atoms with Crippen LogP contribution in [0.1, 0.15) is 62.3 Å². The first-order chi connectivity index (χ1) is 12.9. The lowest BCUT2D eigenvalue weighted by Gasteiger charge is -2.52. The fourth-order valence-corrected chi connectivity index (χ4v) is 15.9. The summed E-state index contributed by atoms with van der Waals surface area (Å²) in [6, 6.07) is -0.750. The van der Waals surface area contributed by atoms with Crippen molar-refractivity contribution in [2.24, 2.45) is 5.11 Å². The van der Waals surface area contributed by atoms with Crippen LogP contribution in [-0.2, 0) is 17.7 Å². The molecule has 0 saturated carbocycles. The second-order valence-corrected chi connectivity index (χ2v) is 18.4. The van der Waals surface area contributed by atoms with Gasteiger partial charge in [0.05, 0.1) is 18.2 Å². The van der Waals surface area contributed by atoms with Crippen LogP contribution < -0.4 is 0 Å². The Hall–Kier alpha value is -0.351. The van der Waals surface area contributed by atoms with Crippen LogP contribution in [0, 0.1) is 0 Å². The first kappa shape index (κ1) is 23.9. The summed E-state index contributed by atoms with van der Waals surface area (Å²) in [5, 5.41) is 4.01. The number of ether oxygens (including phenoxy) is 1. The van der Waals surface area contributed by atoms with Crippen molar-refractivity contribution < 1.29 is 17.7 Å². The lowest BCUT2D eigenvalue weighted by Crippen LogP contribution is -2.66. The number of hydrogen-bond acceptors (Lipinski definition) is 5. The van der Waals surface area contributed by atoms with Crippen LogP contribution in [0.15, 0.2) is 5.11 Å². The summed E-state index contributed by atoms with van der Waals surface area (Å²) in [6.45, 7) is 19.5. The predicted molar refractivity (Wildman–Crippen MR) is 116 cm³/mol. The third kappa shape index (κ3) is 3.73. The van der Waals surface area contributed by atoms with Crippen LogP contribution in [0.4, 0.5) is 0 Å². The first-order valence-electron chi connectivity index (χ1n) is 10.4. The Morgan fingerprint density at radius 2 is 1.50 bits per heavy atom. The number of hydrogen-bond donors (Lipinski definition) is 0. The van der Waals surface area contributed by atoms with Crippen LogP contribution in [0.5, 0.6) is 0 Å². The van der Waals surface area contributed by atoms with E-state index in [9.17, 15) is 0 Å². The van der Waals surface area contributed by atoms with E-state index in [1.165, 1.54) is 0 Å². The molecule has 7 nitrogen and oxygen atoms in total. The lowest BCUT2D eigenvalue weighted by molar-refractivity contribution is -0.0275. The van der Waals surface area contributed by atoms with E-state index >= 15 is 0 Å². The maximum absolute atomic E-state index is 9.15. The van der Waals surface area contributed by atoms with Crippen molar-refractivity contribution in [3.05, 3.63) is 10.4 Å². The third-order valence-electron chi connectivity index (χ3n) is 6.39. The summed E-state index contributed by atoms with van der Waals surface area (Å²) in [5.41, 5.74) is 9.03. The zero-order valence-electron chi connectivity index (χ0n) is 18.8. The van der Waals surface area contributed by atoms with E-state index in [1.807, 2.05) is 0 Å². The summed E-state index contributed by atoms with van der Waals surface area (Å²) in [4.78, 5) is 3.03. The first-order valence-corrected chi connectivity index (χ1v) is 14.3. The Morgan fingerprint density at radius 1 is 1.00 bits per heavy atom. The molecule has 2 radical (unpaired) electrons. The molecule has 0 bridgehead atoms. The minimum Gasteiger partial charge on any atom is -0.414 e. The van der Waals surface area contributed by atoms with E-state index in [4.69, 9.17) is 31.1 Å². The topological polar surface area (TPSA) is 85.7 Å². The number of fused-ring (bicyclic) bond motifs is 1. The van der Waals surface area contributed by atoms with E-state index in [2.05, 4.69) is 65.4 Å². The van der Waals surface area contributed by atoms with Crippen LogP contribution in [0.3, 0.4) is 0 Å². The molecule has 10 heteroatoms. The number of azide groups is 1. The van der Waals surface area contributed by atoms with E-state index in [0.717, 1.165) is 0 Å². The summed E-state index contributed by atoms with van der Waals surface area (Å²) < 4.78 is 26.7. The molecule has 2 aliphatic rings. The molecule has 2 fully saturated rings. The van der Waals surface area contributed by atoms with Crippen molar-refractivity contribution in [2.45, 2.75) is 108 Å². The average Bonchev–Trinajstić information content (AvgIpc) is 2.78. The highest BCUT2D eigenvalue weighted by Crippen LogP contribution is 2.49. The molecule has 2 aliphatic heterocycles. The Kier molecular flexibility index (Phi) is 7.19. The monoisotopic (exact) mass is 425 g/mol. The van der Waals surface area contributed by atoms with Crippen molar-refractivity contribution in [3.8, 4) is 0 Å². The van der Waals surface area contributed by atoms with Gasteiger partial charge in [-0.15, -0.1) is 0 Å². The Balaban J connectivity index is 2.64. The molecule has 0 amide bonds. The molecule has 0 aromatic rings. The molecule has 0 aromatic carbocycles. The van der Waals surface area contributed by atoms with E-state index in [-0.39, 0.29) is 28.3 Å². The van der Waals surface area contributed by atoms with Gasteiger partial charge in [-0.05, 0) is 34.6 Å². The van der Waals surface area contributed by atoms with Crippen LogP contribution in [0.2, 0.25) is 22.2 Å². The van der Waals surface area contributed by atoms with Gasteiger partial charge < -0.3 is 17.7 Å². The quantitative estimate of drug-likeness (QED) is 0.271. The van der Waals surface area contributed by atoms with Gasteiger partial charge in [0.2, 0.25) is 0 Å². The molecular formula is C18H36BN3O4Si2. The molecule has 0 N–H and O–H groups in total. The van der Waals surface area contributed by atoms with Crippen molar-refractivity contribution in [1.82, 2.24) is 0 Å². The zero-order chi connectivity index (χ0) is 21.5. The van der Waals surface area contributed by atoms with Gasteiger partial charge in [-0.2, -0.15) is 0 Å². The third-order valence-corrected chi connectivity index (χ3v) is 16.6. The minimum absolute atomic E-state index is 0.186. The van der Waals surface area contributed by atoms with Gasteiger partial charge in [0.1, 0.15) is 14.0 Å². The van der Waals surface area contributed by atoms with Gasteiger partial charge in [0.25, 0.3) is 0 Å². The lowest BCUT2D eigenvalue weighted by atomic mass is 9.79. The van der Waals surface area contributed by atoms with Gasteiger partial charge in [0.15, 0.2) is 0 Å². The number of nitrogens with zero attached hydrogens (tertiary/aromatic N) is 3. The molecular weight excluding hydrogens is 389 g/mol. The molecule has 0 aliphatic carbocycles. The summed E-state index contributed by atoms with van der Waals surface area (Å²) in [6.07, 6.45) is -0.885. The average molecular weight is 425 g/mol. The van der Waals surface area contributed by atoms with Crippen molar-refractivity contribution in [1.29, 1.82) is 0 Å². The maximum Gasteiger partial charge on any atom is 0.335 e. The highest BCUT2D eigenvalue weighted by molar-refractivity contribution is 6.84. The minimum atomic E-state index is -2.80. The van der Waals surface area contributed by atoms with Crippen LogP contribution >= 0.6 is 0 Å². The summed E-state index contributed by atoms with van der Waals surface area (Å²) >= 11 is 0. The fraction of sp³-hybridized carbons (Fsp3) is 1.00. The van der Waals surface area contributed by atoms with E-state index in [0.29, 0.717) is 6.61 Å². The fourth-order valence-electron chi connectivity index (χ4n) is 4.59. The summed E-state index contributed by atoms with van der Waals surface area (Å²) in [7, 11) is 0.841. The smallest absolute Gasteiger partial charge is 0.335 e. The Morgan fingerprint density at radius 3 is 1.93 bits per heavy atom. The van der Waals surface area contributed by atoms with E-state index < -0.39 is 34.8 Å². The van der Waals surface area contributed by atoms with Gasteiger partial charge in [-0.1, -0.05) is 60.5 Å². The predicted octanol–water partition coefficient (Wildman–Crippen LogP) is 4.91. The molecule has 4 atom stereocenters. The Labute approximate surface area is 173 Å². The van der Waals surface area contributed by atoms with E-state index in [1.54, 1.807) is 6.92 Å². The molecule has 2 rings (SSSR count). The van der Waals surface area contributed by atoms with Crippen LogP contribution in [0.25, 0.3) is 10.4 Å². The largest absolute Gasteiger partial charge is 0.414 e. The molecule has 158 valence electrons. The molecule has 0 spiro atoms. The SMILES string of the molecule is [B][C@@H]1O[C@@H]2CO[Si](C(C)C)(C(C)C)O[Si](C(C)C)(C(C)C)O[C@H]2[C@@]1(C)N=[N+]=[N-]. The molecule has 28 heavy (non-hydrogen) atoms. The molecule has 2 saturated heterocycles. The van der Waals surface area contributed by atoms with Gasteiger partial charge in [-0.3, -0.25) is 0 Å². The second kappa shape index (κ2) is 8.41. The van der Waals surface area contributed by atoms with Crippen LogP contribution in [-0.4, -0.2) is 55.3 Å². The molecule has 0 aromatic heterocycles.